The molecule has 1 aliphatic heterocycles. The van der Waals surface area contributed by atoms with E-state index in [0.717, 1.165) is 11.1 Å². The van der Waals surface area contributed by atoms with Crippen LogP contribution >= 0.6 is 0 Å². The summed E-state index contributed by atoms with van der Waals surface area (Å²) in [5, 5.41) is 11.7. The molecule has 4 rings (SSSR count). The number of aromatic nitrogens is 1. The molecule has 1 fully saturated rings. The van der Waals surface area contributed by atoms with Crippen molar-refractivity contribution in [1.82, 2.24) is 9.46 Å². The van der Waals surface area contributed by atoms with Crippen molar-refractivity contribution in [2.75, 3.05) is 18.4 Å². The Bertz CT molecular complexity index is 1520. The molecular formula is C25H28N4O6S2. The van der Waals surface area contributed by atoms with E-state index in [1.807, 2.05) is 31.2 Å². The van der Waals surface area contributed by atoms with Crippen LogP contribution in [0.15, 0.2) is 62.8 Å². The van der Waals surface area contributed by atoms with E-state index in [0.29, 0.717) is 18.5 Å². The average molecular weight is 545 g/mol. The zero-order valence-corrected chi connectivity index (χ0v) is 22.1. The summed E-state index contributed by atoms with van der Waals surface area (Å²) in [6.07, 6.45) is 4.03. The van der Waals surface area contributed by atoms with Gasteiger partial charge in [-0.1, -0.05) is 41.1 Å². The van der Waals surface area contributed by atoms with E-state index in [4.69, 9.17) is 9.66 Å². The molecule has 196 valence electrons. The molecule has 0 spiro atoms. The molecule has 3 N–H and O–H groups in total. The van der Waals surface area contributed by atoms with Crippen LogP contribution in [0.5, 0.6) is 0 Å². The van der Waals surface area contributed by atoms with Gasteiger partial charge in [-0.15, -0.1) is 0 Å². The Hall–Kier alpha value is -3.32. The minimum atomic E-state index is -3.89. The number of hydrogen-bond donors (Lipinski definition) is 2. The summed E-state index contributed by atoms with van der Waals surface area (Å²) in [6.45, 7) is 3.90. The lowest BCUT2D eigenvalue weighted by atomic mass is 9.97. The van der Waals surface area contributed by atoms with Crippen molar-refractivity contribution in [1.29, 1.82) is 0 Å². The van der Waals surface area contributed by atoms with E-state index in [1.54, 1.807) is 19.1 Å². The molecule has 0 saturated carbocycles. The first-order chi connectivity index (χ1) is 17.4. The summed E-state index contributed by atoms with van der Waals surface area (Å²) in [6, 6.07) is 13.3. The maximum Gasteiger partial charge on any atom is 0.248 e. The van der Waals surface area contributed by atoms with E-state index < -0.39 is 26.0 Å². The number of rotatable bonds is 7. The third-order valence-corrected chi connectivity index (χ3v) is 9.20. The second-order valence-electron chi connectivity index (χ2n) is 8.94. The topological polar surface area (TPSA) is 153 Å². The van der Waals surface area contributed by atoms with Crippen molar-refractivity contribution in [2.45, 2.75) is 36.5 Å². The molecule has 0 atom stereocenters. The predicted octanol–water partition coefficient (Wildman–Crippen LogP) is 3.15. The van der Waals surface area contributed by atoms with Crippen LogP contribution in [0.4, 0.5) is 5.69 Å². The van der Waals surface area contributed by atoms with E-state index in [1.165, 1.54) is 28.6 Å². The maximum atomic E-state index is 13.5. The molecule has 0 bridgehead atoms. The number of nitrogens with one attached hydrogen (secondary N) is 1. The molecule has 2 heterocycles. The maximum absolute atomic E-state index is 13.5. The Morgan fingerprint density at radius 3 is 2.22 bits per heavy atom. The number of carbonyl (C=O) groups is 1. The highest BCUT2D eigenvalue weighted by atomic mass is 32.2. The summed E-state index contributed by atoms with van der Waals surface area (Å²) in [4.78, 5) is 12.7. The fourth-order valence-corrected chi connectivity index (χ4v) is 6.34. The summed E-state index contributed by atoms with van der Waals surface area (Å²) < 4.78 is 56.4. The van der Waals surface area contributed by atoms with Crippen LogP contribution < -0.4 is 10.5 Å². The van der Waals surface area contributed by atoms with Crippen molar-refractivity contribution < 1.29 is 26.2 Å². The van der Waals surface area contributed by atoms with Gasteiger partial charge < -0.3 is 9.84 Å². The van der Waals surface area contributed by atoms with Gasteiger partial charge in [-0.2, -0.15) is 4.31 Å². The van der Waals surface area contributed by atoms with Crippen LogP contribution in [0, 0.1) is 19.8 Å². The zero-order valence-electron chi connectivity index (χ0n) is 20.4. The fourth-order valence-electron chi connectivity index (χ4n) is 4.11. The van der Waals surface area contributed by atoms with Gasteiger partial charge in [-0.25, -0.2) is 22.0 Å². The van der Waals surface area contributed by atoms with Gasteiger partial charge in [0.25, 0.3) is 0 Å². The van der Waals surface area contributed by atoms with Crippen molar-refractivity contribution >= 4 is 43.8 Å². The number of primary sulfonamides is 1. The van der Waals surface area contributed by atoms with Crippen molar-refractivity contribution in [3.05, 3.63) is 71.1 Å². The van der Waals surface area contributed by atoms with Gasteiger partial charge >= 0.3 is 0 Å². The number of nitrogens with two attached hydrogens (primary N) is 1. The smallest absolute Gasteiger partial charge is 0.248 e. The van der Waals surface area contributed by atoms with Crippen LogP contribution in [0.1, 0.15) is 35.4 Å². The molecule has 1 aromatic heterocycles. The lowest BCUT2D eigenvalue weighted by molar-refractivity contribution is -0.120. The fraction of sp³-hybridized carbons (Fsp3) is 0.280. The molecule has 2 aromatic carbocycles. The normalized spacial score (nSPS) is 15.8. The first-order valence-electron chi connectivity index (χ1n) is 11.6. The minimum Gasteiger partial charge on any atom is -0.355 e. The van der Waals surface area contributed by atoms with Crippen LogP contribution in [-0.4, -0.2) is 45.3 Å². The molecule has 0 radical (unpaired) electrons. The quantitative estimate of drug-likeness (QED) is 0.463. The van der Waals surface area contributed by atoms with Gasteiger partial charge in [-0.05, 0) is 62.6 Å². The first kappa shape index (κ1) is 26.7. The highest BCUT2D eigenvalue weighted by molar-refractivity contribution is 7.89. The molecule has 3 aromatic rings. The molecule has 1 saturated heterocycles. The molecule has 37 heavy (non-hydrogen) atoms. The molecule has 12 heteroatoms. The van der Waals surface area contributed by atoms with Gasteiger partial charge in [0.2, 0.25) is 26.0 Å². The first-order valence-corrected chi connectivity index (χ1v) is 14.6. The van der Waals surface area contributed by atoms with Gasteiger partial charge in [0.1, 0.15) is 5.69 Å². The second-order valence-corrected chi connectivity index (χ2v) is 12.4. The Kier molecular flexibility index (Phi) is 7.64. The number of sulfonamides is 2. The molecule has 1 amide bonds. The zero-order chi connectivity index (χ0) is 26.8. The largest absolute Gasteiger partial charge is 0.355 e. The molecular weight excluding hydrogens is 516 g/mol. The van der Waals surface area contributed by atoms with Crippen molar-refractivity contribution in [3.8, 4) is 0 Å². The highest BCUT2D eigenvalue weighted by Crippen LogP contribution is 2.29. The Balaban J connectivity index is 1.42. The van der Waals surface area contributed by atoms with Crippen LogP contribution in [0.3, 0.4) is 0 Å². The monoisotopic (exact) mass is 544 g/mol. The average Bonchev–Trinajstić information content (AvgIpc) is 3.24. The Morgan fingerprint density at radius 2 is 1.62 bits per heavy atom. The molecule has 1 aliphatic rings. The van der Waals surface area contributed by atoms with Crippen LogP contribution in [-0.2, 0) is 24.8 Å². The molecule has 0 aliphatic carbocycles. The minimum absolute atomic E-state index is 0.0220. The molecule has 0 unspecified atom stereocenters. The van der Waals surface area contributed by atoms with E-state index in [9.17, 15) is 21.6 Å². The van der Waals surface area contributed by atoms with Crippen molar-refractivity contribution in [2.24, 2.45) is 11.1 Å². The number of hydrogen-bond acceptors (Lipinski definition) is 7. The van der Waals surface area contributed by atoms with Crippen molar-refractivity contribution in [3.63, 3.8) is 0 Å². The number of nitrogens with zero attached hydrogens (tertiary/aromatic N) is 2. The predicted molar refractivity (Wildman–Crippen MR) is 139 cm³/mol. The Morgan fingerprint density at radius 1 is 1.00 bits per heavy atom. The number of benzene rings is 2. The number of anilines is 1. The lowest BCUT2D eigenvalue weighted by Gasteiger charge is -2.30. The second kappa shape index (κ2) is 10.6. The van der Waals surface area contributed by atoms with E-state index in [2.05, 4.69) is 10.5 Å². The van der Waals surface area contributed by atoms with Gasteiger partial charge in [-0.3, -0.25) is 4.79 Å². The van der Waals surface area contributed by atoms with E-state index in [-0.39, 0.29) is 40.2 Å². The van der Waals surface area contributed by atoms with Gasteiger partial charge in [0, 0.05) is 24.7 Å². The third-order valence-electron chi connectivity index (χ3n) is 6.21. The Labute approximate surface area is 216 Å². The van der Waals surface area contributed by atoms with Crippen LogP contribution in [0.25, 0.3) is 12.2 Å². The standard InChI is InChI=1S/C25H28N4O6S2/c1-17-3-5-19(6-4-17)7-12-23-24(18(2)28-35-23)37(33,34)29-15-13-20(14-16-29)25(30)27-21-8-10-22(11-9-21)36(26,31)32/h3-12,20H,13-16H2,1-2H3,(H,27,30)(H2,26,31,32)/b12-7+. The number of amides is 1. The van der Waals surface area contributed by atoms with E-state index >= 15 is 0 Å². The number of carbonyl (C=O) groups excluding carboxylic acids is 1. The summed E-state index contributed by atoms with van der Waals surface area (Å²) in [5.41, 5.74) is 2.71. The number of piperidine rings is 1. The van der Waals surface area contributed by atoms with Gasteiger partial charge in [0.15, 0.2) is 10.7 Å². The summed E-state index contributed by atoms with van der Waals surface area (Å²) in [5.74, 6) is -0.502. The lowest BCUT2D eigenvalue weighted by Crippen LogP contribution is -2.41. The number of aryl methyl sites for hydroxylation is 2. The summed E-state index contributed by atoms with van der Waals surface area (Å²) >= 11 is 0. The SMILES string of the molecule is Cc1ccc(/C=C/c2onc(C)c2S(=O)(=O)N2CCC(C(=O)Nc3ccc(S(N)(=O)=O)cc3)CC2)cc1. The van der Waals surface area contributed by atoms with Crippen LogP contribution in [0.2, 0.25) is 0 Å². The molecule has 10 nitrogen and oxygen atoms in total. The van der Waals surface area contributed by atoms with Gasteiger partial charge in [0.05, 0.1) is 4.90 Å². The highest BCUT2D eigenvalue weighted by Gasteiger charge is 2.36. The third kappa shape index (κ3) is 6.16. The summed E-state index contributed by atoms with van der Waals surface area (Å²) in [7, 11) is -7.72.